The molecular formula is C13H11N3O3S. The van der Waals surface area contributed by atoms with Crippen LogP contribution in [-0.2, 0) is 16.6 Å². The summed E-state index contributed by atoms with van der Waals surface area (Å²) < 4.78 is 31.7. The van der Waals surface area contributed by atoms with E-state index in [1.807, 2.05) is 18.2 Å². The number of aromatic nitrogens is 2. The van der Waals surface area contributed by atoms with E-state index in [-0.39, 0.29) is 17.3 Å². The van der Waals surface area contributed by atoms with Crippen molar-refractivity contribution in [1.82, 2.24) is 14.9 Å². The van der Waals surface area contributed by atoms with Gasteiger partial charge < -0.3 is 4.52 Å². The van der Waals surface area contributed by atoms with E-state index in [2.05, 4.69) is 19.4 Å². The lowest BCUT2D eigenvalue weighted by Crippen LogP contribution is -2.24. The molecule has 102 valence electrons. The van der Waals surface area contributed by atoms with Crippen molar-refractivity contribution in [2.75, 3.05) is 0 Å². The molecule has 2 aromatic carbocycles. The fourth-order valence-corrected chi connectivity index (χ4v) is 3.15. The van der Waals surface area contributed by atoms with Crippen LogP contribution in [0.2, 0.25) is 0 Å². The number of hydrogen-bond acceptors (Lipinski definition) is 5. The molecule has 0 amide bonds. The average molecular weight is 289 g/mol. The van der Waals surface area contributed by atoms with Gasteiger partial charge in [-0.3, -0.25) is 0 Å². The minimum Gasteiger partial charge on any atom is -0.343 e. The number of nitrogens with zero attached hydrogens (tertiary/aromatic N) is 2. The topological polar surface area (TPSA) is 85.1 Å². The van der Waals surface area contributed by atoms with E-state index in [1.165, 1.54) is 0 Å². The molecule has 0 atom stereocenters. The first-order valence-corrected chi connectivity index (χ1v) is 7.38. The first-order valence-electron chi connectivity index (χ1n) is 5.89. The zero-order valence-electron chi connectivity index (χ0n) is 10.4. The predicted octanol–water partition coefficient (Wildman–Crippen LogP) is 1.70. The van der Waals surface area contributed by atoms with Gasteiger partial charge >= 0.3 is 0 Å². The third-order valence-corrected chi connectivity index (χ3v) is 4.33. The maximum Gasteiger partial charge on any atom is 0.241 e. The van der Waals surface area contributed by atoms with E-state index < -0.39 is 10.0 Å². The Morgan fingerprint density at radius 1 is 1.10 bits per heavy atom. The van der Waals surface area contributed by atoms with E-state index in [9.17, 15) is 8.42 Å². The SMILES string of the molecule is O=S(=O)(NCc1ncon1)c1cccc2ccccc12. The van der Waals surface area contributed by atoms with Crippen LogP contribution in [0.15, 0.2) is 58.3 Å². The third kappa shape index (κ3) is 2.40. The summed E-state index contributed by atoms with van der Waals surface area (Å²) in [6.07, 6.45) is 1.15. The maximum absolute atomic E-state index is 12.3. The average Bonchev–Trinajstić information content (AvgIpc) is 2.98. The van der Waals surface area contributed by atoms with Gasteiger partial charge in [-0.25, -0.2) is 13.1 Å². The van der Waals surface area contributed by atoms with Crippen molar-refractivity contribution in [3.8, 4) is 0 Å². The Hall–Kier alpha value is -2.25. The van der Waals surface area contributed by atoms with Crippen LogP contribution < -0.4 is 4.72 Å². The molecule has 0 saturated heterocycles. The molecule has 3 aromatic rings. The number of hydrogen-bond donors (Lipinski definition) is 1. The Labute approximate surface area is 115 Å². The van der Waals surface area contributed by atoms with Gasteiger partial charge in [0.2, 0.25) is 16.4 Å². The second-order valence-electron chi connectivity index (χ2n) is 4.15. The van der Waals surface area contributed by atoms with Crippen LogP contribution in [0.25, 0.3) is 10.8 Å². The molecule has 7 heteroatoms. The Balaban J connectivity index is 1.97. The van der Waals surface area contributed by atoms with Crippen molar-refractivity contribution < 1.29 is 12.9 Å². The highest BCUT2D eigenvalue weighted by Crippen LogP contribution is 2.22. The van der Waals surface area contributed by atoms with Crippen molar-refractivity contribution in [3.63, 3.8) is 0 Å². The summed E-state index contributed by atoms with van der Waals surface area (Å²) in [5.74, 6) is 0.286. The largest absolute Gasteiger partial charge is 0.343 e. The zero-order chi connectivity index (χ0) is 14.0. The van der Waals surface area contributed by atoms with Crippen LogP contribution in [-0.4, -0.2) is 18.6 Å². The van der Waals surface area contributed by atoms with E-state index >= 15 is 0 Å². The lowest BCUT2D eigenvalue weighted by molar-refractivity contribution is 0.409. The molecule has 3 rings (SSSR count). The Morgan fingerprint density at radius 2 is 1.90 bits per heavy atom. The molecule has 6 nitrogen and oxygen atoms in total. The predicted molar refractivity (Wildman–Crippen MR) is 72.3 cm³/mol. The number of fused-ring (bicyclic) bond motifs is 1. The van der Waals surface area contributed by atoms with Crippen molar-refractivity contribution in [2.24, 2.45) is 0 Å². The van der Waals surface area contributed by atoms with Gasteiger partial charge in [0.05, 0.1) is 11.4 Å². The van der Waals surface area contributed by atoms with Crippen molar-refractivity contribution in [1.29, 1.82) is 0 Å². The number of benzene rings is 2. The van der Waals surface area contributed by atoms with Crippen LogP contribution in [0.3, 0.4) is 0 Å². The van der Waals surface area contributed by atoms with Gasteiger partial charge in [0, 0.05) is 5.39 Å². The van der Waals surface area contributed by atoms with Crippen molar-refractivity contribution >= 4 is 20.8 Å². The van der Waals surface area contributed by atoms with Gasteiger partial charge in [-0.2, -0.15) is 4.98 Å². The summed E-state index contributed by atoms with van der Waals surface area (Å²) in [7, 11) is -3.63. The molecule has 1 aromatic heterocycles. The van der Waals surface area contributed by atoms with Crippen LogP contribution in [0.1, 0.15) is 5.82 Å². The quantitative estimate of drug-likeness (QED) is 0.790. The normalized spacial score (nSPS) is 11.8. The summed E-state index contributed by atoms with van der Waals surface area (Å²) in [4.78, 5) is 4.01. The summed E-state index contributed by atoms with van der Waals surface area (Å²) in [6.45, 7) is -0.0119. The molecule has 0 fully saturated rings. The summed E-state index contributed by atoms with van der Waals surface area (Å²) >= 11 is 0. The fraction of sp³-hybridized carbons (Fsp3) is 0.0769. The van der Waals surface area contributed by atoms with Crippen LogP contribution in [0.5, 0.6) is 0 Å². The van der Waals surface area contributed by atoms with Gasteiger partial charge in [-0.05, 0) is 11.5 Å². The second-order valence-corrected chi connectivity index (χ2v) is 5.88. The standard InChI is InChI=1S/C13H11N3O3S/c17-20(18,15-8-13-14-9-19-16-13)12-7-3-5-10-4-1-2-6-11(10)12/h1-7,9,15H,8H2. The van der Waals surface area contributed by atoms with Crippen molar-refractivity contribution in [3.05, 3.63) is 54.7 Å². The van der Waals surface area contributed by atoms with Gasteiger partial charge in [0.1, 0.15) is 0 Å². The minimum atomic E-state index is -3.63. The van der Waals surface area contributed by atoms with Crippen LogP contribution in [0, 0.1) is 0 Å². The molecule has 0 bridgehead atoms. The first-order chi connectivity index (χ1) is 9.67. The van der Waals surface area contributed by atoms with E-state index in [1.54, 1.807) is 24.3 Å². The molecule has 1 heterocycles. The lowest BCUT2D eigenvalue weighted by Gasteiger charge is -2.08. The van der Waals surface area contributed by atoms with Crippen LogP contribution in [0.4, 0.5) is 0 Å². The van der Waals surface area contributed by atoms with Crippen LogP contribution >= 0.6 is 0 Å². The van der Waals surface area contributed by atoms with E-state index in [0.717, 1.165) is 11.8 Å². The number of sulfonamides is 1. The highest BCUT2D eigenvalue weighted by molar-refractivity contribution is 7.89. The first kappa shape index (κ1) is 12.8. The summed E-state index contributed by atoms with van der Waals surface area (Å²) in [6, 6.07) is 12.5. The van der Waals surface area contributed by atoms with E-state index in [4.69, 9.17) is 0 Å². The highest BCUT2D eigenvalue weighted by Gasteiger charge is 2.17. The fourth-order valence-electron chi connectivity index (χ4n) is 1.94. The minimum absolute atomic E-state index is 0.0119. The molecule has 0 aliphatic rings. The number of rotatable bonds is 4. The molecule has 1 N–H and O–H groups in total. The Kier molecular flexibility index (Phi) is 3.21. The highest BCUT2D eigenvalue weighted by atomic mass is 32.2. The van der Waals surface area contributed by atoms with Gasteiger partial charge in [-0.1, -0.05) is 41.6 Å². The molecule has 20 heavy (non-hydrogen) atoms. The lowest BCUT2D eigenvalue weighted by atomic mass is 10.1. The molecule has 0 spiro atoms. The monoisotopic (exact) mass is 289 g/mol. The molecule has 0 saturated carbocycles. The second kappa shape index (κ2) is 5.03. The molecule has 0 unspecified atom stereocenters. The molecular weight excluding hydrogens is 278 g/mol. The summed E-state index contributed by atoms with van der Waals surface area (Å²) in [5, 5.41) is 5.11. The van der Waals surface area contributed by atoms with Gasteiger partial charge in [0.15, 0.2) is 5.82 Å². The zero-order valence-corrected chi connectivity index (χ0v) is 11.2. The Bertz CT molecular complexity index is 824. The molecule has 0 aliphatic heterocycles. The maximum atomic E-state index is 12.3. The molecule has 0 radical (unpaired) electrons. The van der Waals surface area contributed by atoms with Crippen molar-refractivity contribution in [2.45, 2.75) is 11.4 Å². The number of nitrogens with one attached hydrogen (secondary N) is 1. The van der Waals surface area contributed by atoms with Gasteiger partial charge in [-0.15, -0.1) is 0 Å². The Morgan fingerprint density at radius 3 is 2.70 bits per heavy atom. The molecule has 0 aliphatic carbocycles. The van der Waals surface area contributed by atoms with Gasteiger partial charge in [0.25, 0.3) is 0 Å². The smallest absolute Gasteiger partial charge is 0.241 e. The summed E-state index contributed by atoms with van der Waals surface area (Å²) in [5.41, 5.74) is 0. The van der Waals surface area contributed by atoms with E-state index in [0.29, 0.717) is 5.39 Å². The third-order valence-electron chi connectivity index (χ3n) is 2.87.